The van der Waals surface area contributed by atoms with Gasteiger partial charge in [0.25, 0.3) is 0 Å². The van der Waals surface area contributed by atoms with Gasteiger partial charge in [0.05, 0.1) is 11.0 Å². The number of nitrogen functional groups attached to an aromatic ring is 1. The number of aromatic nitrogens is 2. The van der Waals surface area contributed by atoms with Gasteiger partial charge >= 0.3 is 0 Å². The van der Waals surface area contributed by atoms with E-state index in [1.165, 1.54) is 29.5 Å². The maximum Gasteiger partial charge on any atom is 0.114 e. The summed E-state index contributed by atoms with van der Waals surface area (Å²) in [6, 6.07) is 14.6. The molecule has 1 heterocycles. The molecule has 3 rings (SSSR count). The average molecular weight is 293 g/mol. The molecule has 0 saturated carbocycles. The molecule has 1 aromatic heterocycles. The van der Waals surface area contributed by atoms with Gasteiger partial charge in [-0.3, -0.25) is 0 Å². The van der Waals surface area contributed by atoms with Crippen molar-refractivity contribution in [3.63, 3.8) is 0 Å². The summed E-state index contributed by atoms with van der Waals surface area (Å²) in [6.07, 6.45) is 3.21. The van der Waals surface area contributed by atoms with Crippen LogP contribution in [0.15, 0.2) is 42.5 Å². The fourth-order valence-corrected chi connectivity index (χ4v) is 2.81. The van der Waals surface area contributed by atoms with E-state index in [4.69, 9.17) is 10.7 Å². The van der Waals surface area contributed by atoms with Crippen molar-refractivity contribution in [2.45, 2.75) is 39.7 Å². The maximum atomic E-state index is 5.77. The monoisotopic (exact) mass is 293 g/mol. The third-order valence-electron chi connectivity index (χ3n) is 4.06. The van der Waals surface area contributed by atoms with E-state index in [9.17, 15) is 0 Å². The number of hydrogen-bond donors (Lipinski definition) is 1. The summed E-state index contributed by atoms with van der Waals surface area (Å²) in [5, 5.41) is 0. The van der Waals surface area contributed by atoms with E-state index in [0.29, 0.717) is 0 Å². The number of unbranched alkanes of at least 4 members (excludes halogenated alkanes) is 1. The third kappa shape index (κ3) is 2.98. The smallest absolute Gasteiger partial charge is 0.114 e. The Labute approximate surface area is 131 Å². The summed E-state index contributed by atoms with van der Waals surface area (Å²) in [5.41, 5.74) is 11.4. The molecule has 0 spiro atoms. The second-order valence-electron chi connectivity index (χ2n) is 5.94. The molecule has 0 aliphatic heterocycles. The molecule has 3 nitrogen and oxygen atoms in total. The highest BCUT2D eigenvalue weighted by atomic mass is 15.1. The molecule has 22 heavy (non-hydrogen) atoms. The minimum atomic E-state index is 0.805. The van der Waals surface area contributed by atoms with Crippen LogP contribution in [0, 0.1) is 6.92 Å². The summed E-state index contributed by atoms with van der Waals surface area (Å²) in [5.74, 6) is 1.14. The number of aryl methyl sites for hydroxylation is 2. The van der Waals surface area contributed by atoms with Crippen molar-refractivity contribution in [3.05, 3.63) is 59.4 Å². The highest BCUT2D eigenvalue weighted by Crippen LogP contribution is 2.21. The first-order valence-electron chi connectivity index (χ1n) is 7.97. The van der Waals surface area contributed by atoms with Crippen LogP contribution in [0.5, 0.6) is 0 Å². The van der Waals surface area contributed by atoms with Gasteiger partial charge in [-0.1, -0.05) is 31.5 Å². The van der Waals surface area contributed by atoms with E-state index >= 15 is 0 Å². The fourth-order valence-electron chi connectivity index (χ4n) is 2.81. The van der Waals surface area contributed by atoms with Gasteiger partial charge in [-0.05, 0) is 48.7 Å². The van der Waals surface area contributed by atoms with Gasteiger partial charge in [0.1, 0.15) is 5.82 Å². The summed E-state index contributed by atoms with van der Waals surface area (Å²) < 4.78 is 2.37. The molecule has 3 aromatic rings. The van der Waals surface area contributed by atoms with Gasteiger partial charge in [-0.15, -0.1) is 0 Å². The van der Waals surface area contributed by atoms with Gasteiger partial charge in [0.2, 0.25) is 0 Å². The lowest BCUT2D eigenvalue weighted by molar-refractivity contribution is 0.623. The number of rotatable bonds is 5. The Morgan fingerprint density at radius 1 is 1.09 bits per heavy atom. The molecule has 0 amide bonds. The first-order chi connectivity index (χ1) is 10.7. The Bertz CT molecular complexity index is 769. The van der Waals surface area contributed by atoms with E-state index < -0.39 is 0 Å². The van der Waals surface area contributed by atoms with Crippen molar-refractivity contribution in [2.75, 3.05) is 5.73 Å². The Morgan fingerprint density at radius 3 is 2.59 bits per heavy atom. The molecule has 0 bridgehead atoms. The first kappa shape index (κ1) is 14.6. The molecule has 3 heteroatoms. The van der Waals surface area contributed by atoms with Crippen LogP contribution in [0.1, 0.15) is 36.7 Å². The van der Waals surface area contributed by atoms with Crippen molar-refractivity contribution in [1.29, 1.82) is 0 Å². The lowest BCUT2D eigenvalue weighted by Gasteiger charge is -2.09. The lowest BCUT2D eigenvalue weighted by Crippen LogP contribution is -2.05. The summed E-state index contributed by atoms with van der Waals surface area (Å²) >= 11 is 0. The molecule has 0 unspecified atom stereocenters. The van der Waals surface area contributed by atoms with Crippen LogP contribution in [0.3, 0.4) is 0 Å². The SMILES string of the molecule is CCCCn1c(Cc2ccc(N)cc2)nc2cc(C)ccc21. The molecule has 114 valence electrons. The molecule has 0 atom stereocenters. The second kappa shape index (κ2) is 6.22. The molecular weight excluding hydrogens is 270 g/mol. The molecule has 0 radical (unpaired) electrons. The molecule has 2 N–H and O–H groups in total. The Morgan fingerprint density at radius 2 is 1.86 bits per heavy atom. The maximum absolute atomic E-state index is 5.77. The zero-order valence-electron chi connectivity index (χ0n) is 13.3. The zero-order chi connectivity index (χ0) is 15.5. The van der Waals surface area contributed by atoms with Crippen LogP contribution >= 0.6 is 0 Å². The van der Waals surface area contributed by atoms with E-state index in [0.717, 1.165) is 30.0 Å². The lowest BCUT2D eigenvalue weighted by atomic mass is 10.1. The van der Waals surface area contributed by atoms with Crippen molar-refractivity contribution in [2.24, 2.45) is 0 Å². The number of benzene rings is 2. The van der Waals surface area contributed by atoms with Crippen molar-refractivity contribution >= 4 is 16.7 Å². The predicted octanol–water partition coefficient (Wildman–Crippen LogP) is 4.32. The van der Waals surface area contributed by atoms with Crippen LogP contribution in [0.4, 0.5) is 5.69 Å². The zero-order valence-corrected chi connectivity index (χ0v) is 13.3. The summed E-state index contributed by atoms with van der Waals surface area (Å²) in [7, 11) is 0. The normalized spacial score (nSPS) is 11.2. The van der Waals surface area contributed by atoms with Gasteiger partial charge in [-0.25, -0.2) is 4.98 Å². The van der Waals surface area contributed by atoms with Crippen molar-refractivity contribution < 1.29 is 0 Å². The number of hydrogen-bond acceptors (Lipinski definition) is 2. The van der Waals surface area contributed by atoms with E-state index in [1.807, 2.05) is 12.1 Å². The largest absolute Gasteiger partial charge is 0.399 e. The van der Waals surface area contributed by atoms with E-state index in [-0.39, 0.29) is 0 Å². The molecule has 0 saturated heterocycles. The number of nitrogens with zero attached hydrogens (tertiary/aromatic N) is 2. The van der Waals surface area contributed by atoms with Crippen LogP contribution in [0.25, 0.3) is 11.0 Å². The van der Waals surface area contributed by atoms with E-state index in [1.54, 1.807) is 0 Å². The highest BCUT2D eigenvalue weighted by Gasteiger charge is 2.11. The quantitative estimate of drug-likeness (QED) is 0.712. The predicted molar refractivity (Wildman–Crippen MR) is 93.0 cm³/mol. The standard InChI is InChI=1S/C19H23N3/c1-3-4-11-22-18-10-5-14(2)12-17(18)21-19(22)13-15-6-8-16(20)9-7-15/h5-10,12H,3-4,11,13,20H2,1-2H3. The van der Waals surface area contributed by atoms with Crippen molar-refractivity contribution in [1.82, 2.24) is 9.55 Å². The van der Waals surface area contributed by atoms with Gasteiger partial charge in [-0.2, -0.15) is 0 Å². The third-order valence-corrected chi connectivity index (χ3v) is 4.06. The number of fused-ring (bicyclic) bond motifs is 1. The van der Waals surface area contributed by atoms with E-state index in [2.05, 4.69) is 48.7 Å². The minimum Gasteiger partial charge on any atom is -0.399 e. The molecule has 2 aromatic carbocycles. The number of imidazole rings is 1. The van der Waals surface area contributed by atoms with Crippen LogP contribution in [0.2, 0.25) is 0 Å². The Kier molecular flexibility index (Phi) is 4.14. The number of anilines is 1. The Hall–Kier alpha value is -2.29. The average Bonchev–Trinajstić information content (AvgIpc) is 2.83. The summed E-state index contributed by atoms with van der Waals surface area (Å²) in [4.78, 5) is 4.88. The minimum absolute atomic E-state index is 0.805. The molecular formula is C19H23N3. The fraction of sp³-hybridized carbons (Fsp3) is 0.316. The van der Waals surface area contributed by atoms with Crippen LogP contribution in [-0.4, -0.2) is 9.55 Å². The second-order valence-corrected chi connectivity index (χ2v) is 5.94. The van der Waals surface area contributed by atoms with Gasteiger partial charge in [0, 0.05) is 18.7 Å². The first-order valence-corrected chi connectivity index (χ1v) is 7.97. The van der Waals surface area contributed by atoms with Gasteiger partial charge < -0.3 is 10.3 Å². The topological polar surface area (TPSA) is 43.8 Å². The summed E-state index contributed by atoms with van der Waals surface area (Å²) in [6.45, 7) is 5.37. The highest BCUT2D eigenvalue weighted by molar-refractivity contribution is 5.77. The van der Waals surface area contributed by atoms with Crippen LogP contribution in [-0.2, 0) is 13.0 Å². The molecule has 0 fully saturated rings. The van der Waals surface area contributed by atoms with Crippen molar-refractivity contribution in [3.8, 4) is 0 Å². The van der Waals surface area contributed by atoms with Crippen LogP contribution < -0.4 is 5.73 Å². The van der Waals surface area contributed by atoms with Gasteiger partial charge in [0.15, 0.2) is 0 Å². The number of nitrogens with two attached hydrogens (primary N) is 1. The molecule has 0 aliphatic rings. The Balaban J connectivity index is 2.00. The molecule has 0 aliphatic carbocycles.